The lowest BCUT2D eigenvalue weighted by Crippen LogP contribution is -2.56. The fourth-order valence-electron chi connectivity index (χ4n) is 10.2. The molecule has 0 N–H and O–H groups in total. The van der Waals surface area contributed by atoms with E-state index in [9.17, 15) is 0 Å². The van der Waals surface area contributed by atoms with E-state index >= 15 is 0 Å². The van der Waals surface area contributed by atoms with Gasteiger partial charge in [0.1, 0.15) is 0 Å². The summed E-state index contributed by atoms with van der Waals surface area (Å²) in [6, 6.07) is 0. The smallest absolute Gasteiger partial charge is 0.0261 e. The van der Waals surface area contributed by atoms with Crippen molar-refractivity contribution < 1.29 is 0 Å². The summed E-state index contributed by atoms with van der Waals surface area (Å²) in [6.45, 7) is 20.6. The van der Waals surface area contributed by atoms with Crippen molar-refractivity contribution in [3.63, 3.8) is 0 Å². The normalized spacial score (nSPS) is 47.3. The maximum absolute atomic E-state index is 2.76. The van der Waals surface area contributed by atoms with E-state index in [0.29, 0.717) is 16.2 Å². The van der Waals surface area contributed by atoms with E-state index < -0.39 is 0 Å². The third kappa shape index (κ3) is 3.63. The molecule has 9 atom stereocenters. The largest absolute Gasteiger partial charge is 0.0625 e. The average molecular weight is 415 g/mol. The zero-order chi connectivity index (χ0) is 21.9. The Morgan fingerprint density at radius 1 is 0.700 bits per heavy atom. The lowest BCUT2D eigenvalue weighted by atomic mass is 9.41. The summed E-state index contributed by atoms with van der Waals surface area (Å²) >= 11 is 0. The van der Waals surface area contributed by atoms with Gasteiger partial charge in [-0.3, -0.25) is 0 Å². The number of hydrogen-bond donors (Lipinski definition) is 0. The number of fused-ring (bicyclic) bond motifs is 5. The zero-order valence-electron chi connectivity index (χ0n) is 21.9. The summed E-state index contributed by atoms with van der Waals surface area (Å²) in [5, 5.41) is 0. The van der Waals surface area contributed by atoms with Gasteiger partial charge < -0.3 is 0 Å². The zero-order valence-corrected chi connectivity index (χ0v) is 21.9. The highest BCUT2D eigenvalue weighted by Crippen LogP contribution is 2.70. The Kier molecular flexibility index (Phi) is 6.25. The first-order valence-electron chi connectivity index (χ1n) is 14.0. The highest BCUT2D eigenvalue weighted by molar-refractivity contribution is 5.11. The van der Waals surface area contributed by atoms with Crippen molar-refractivity contribution in [1.82, 2.24) is 0 Å². The SMILES string of the molecule is CC(C)[C@@H](C)CC[C@@H](C)[C@H]1CC[C@H]2[C@@H]3CCC4C(C)(C)CCC[C@]4(C)[C@H]3CC[C@]12C. The van der Waals surface area contributed by atoms with Gasteiger partial charge in [-0.1, -0.05) is 74.7 Å². The molecule has 0 saturated heterocycles. The second kappa shape index (κ2) is 8.09. The summed E-state index contributed by atoms with van der Waals surface area (Å²) in [5.41, 5.74) is 1.87. The molecule has 0 aromatic carbocycles. The standard InChI is InChI=1S/C30H54/c1-20(2)21(3)10-11-22(4)24-13-14-25-23-12-15-27-28(5,6)17-9-18-30(27,8)26(23)16-19-29(24,25)7/h20-27H,9-19H2,1-8H3/t21-,22+,23-,24+,25-,26-,27?,29+,30+/m0/s1. The molecule has 0 radical (unpaired) electrons. The van der Waals surface area contributed by atoms with Gasteiger partial charge in [0.05, 0.1) is 0 Å². The van der Waals surface area contributed by atoms with Gasteiger partial charge >= 0.3 is 0 Å². The fourth-order valence-corrected chi connectivity index (χ4v) is 10.2. The second-order valence-corrected chi connectivity index (χ2v) is 14.4. The molecule has 4 aliphatic rings. The molecule has 0 spiro atoms. The Morgan fingerprint density at radius 2 is 1.40 bits per heavy atom. The van der Waals surface area contributed by atoms with Crippen molar-refractivity contribution in [3.05, 3.63) is 0 Å². The Labute approximate surface area is 189 Å². The summed E-state index contributed by atoms with van der Waals surface area (Å²) < 4.78 is 0. The van der Waals surface area contributed by atoms with Gasteiger partial charge in [0.25, 0.3) is 0 Å². The van der Waals surface area contributed by atoms with Crippen LogP contribution in [0.25, 0.3) is 0 Å². The Morgan fingerprint density at radius 3 is 2.10 bits per heavy atom. The maximum Gasteiger partial charge on any atom is -0.0261 e. The van der Waals surface area contributed by atoms with Crippen molar-refractivity contribution in [3.8, 4) is 0 Å². The van der Waals surface area contributed by atoms with Crippen LogP contribution in [0, 0.1) is 63.6 Å². The minimum Gasteiger partial charge on any atom is -0.0625 e. The number of rotatable bonds is 5. The summed E-state index contributed by atoms with van der Waals surface area (Å²) in [4.78, 5) is 0. The Hall–Kier alpha value is 0. The molecule has 174 valence electrons. The van der Waals surface area contributed by atoms with Crippen molar-refractivity contribution in [2.45, 2.75) is 126 Å². The second-order valence-electron chi connectivity index (χ2n) is 14.4. The van der Waals surface area contributed by atoms with Crippen LogP contribution in [0.4, 0.5) is 0 Å². The van der Waals surface area contributed by atoms with Crippen LogP contribution >= 0.6 is 0 Å². The highest BCUT2D eigenvalue weighted by Gasteiger charge is 2.62. The molecule has 4 rings (SSSR count). The van der Waals surface area contributed by atoms with Crippen LogP contribution in [0.15, 0.2) is 0 Å². The van der Waals surface area contributed by atoms with Crippen LogP contribution in [0.5, 0.6) is 0 Å². The minimum atomic E-state index is 0.582. The van der Waals surface area contributed by atoms with Gasteiger partial charge in [-0.2, -0.15) is 0 Å². The van der Waals surface area contributed by atoms with Crippen LogP contribution in [-0.2, 0) is 0 Å². The molecular weight excluding hydrogens is 360 g/mol. The van der Waals surface area contributed by atoms with Gasteiger partial charge in [0.2, 0.25) is 0 Å². The molecule has 4 fully saturated rings. The first kappa shape index (κ1) is 23.2. The van der Waals surface area contributed by atoms with E-state index in [-0.39, 0.29) is 0 Å². The molecule has 0 bridgehead atoms. The molecule has 0 aliphatic heterocycles. The first-order chi connectivity index (χ1) is 14.0. The monoisotopic (exact) mass is 414 g/mol. The van der Waals surface area contributed by atoms with Gasteiger partial charge in [0.15, 0.2) is 0 Å². The average Bonchev–Trinajstić information content (AvgIpc) is 3.02. The van der Waals surface area contributed by atoms with E-state index in [1.54, 1.807) is 19.3 Å². The summed E-state index contributed by atoms with van der Waals surface area (Å²) in [6.07, 6.45) is 16.7. The third-order valence-electron chi connectivity index (χ3n) is 12.3. The molecule has 0 amide bonds. The van der Waals surface area contributed by atoms with E-state index in [1.165, 1.54) is 51.4 Å². The highest BCUT2D eigenvalue weighted by atomic mass is 14.7. The van der Waals surface area contributed by atoms with Gasteiger partial charge in [-0.25, -0.2) is 0 Å². The lowest BCUT2D eigenvalue weighted by molar-refractivity contribution is -0.147. The summed E-state index contributed by atoms with van der Waals surface area (Å²) in [5.74, 6) is 7.75. The molecule has 0 aromatic heterocycles. The van der Waals surface area contributed by atoms with Crippen LogP contribution in [0.3, 0.4) is 0 Å². The van der Waals surface area contributed by atoms with Crippen molar-refractivity contribution in [2.75, 3.05) is 0 Å². The van der Waals surface area contributed by atoms with Crippen molar-refractivity contribution in [2.24, 2.45) is 63.6 Å². The van der Waals surface area contributed by atoms with E-state index in [0.717, 1.165) is 47.3 Å². The van der Waals surface area contributed by atoms with Crippen LogP contribution in [0.2, 0.25) is 0 Å². The molecule has 4 aliphatic carbocycles. The predicted molar refractivity (Wildman–Crippen MR) is 131 cm³/mol. The van der Waals surface area contributed by atoms with Gasteiger partial charge in [-0.15, -0.1) is 0 Å². The first-order valence-corrected chi connectivity index (χ1v) is 14.0. The molecular formula is C30H54. The molecule has 0 heterocycles. The molecule has 0 nitrogen and oxygen atoms in total. The van der Waals surface area contributed by atoms with E-state index in [2.05, 4.69) is 55.4 Å². The van der Waals surface area contributed by atoms with Crippen LogP contribution < -0.4 is 0 Å². The molecule has 4 saturated carbocycles. The van der Waals surface area contributed by atoms with Gasteiger partial charge in [0, 0.05) is 0 Å². The Bertz CT molecular complexity index is 601. The maximum atomic E-state index is 2.76. The predicted octanol–water partition coefficient (Wildman–Crippen LogP) is 9.38. The molecule has 30 heavy (non-hydrogen) atoms. The summed E-state index contributed by atoms with van der Waals surface area (Å²) in [7, 11) is 0. The van der Waals surface area contributed by atoms with Gasteiger partial charge in [-0.05, 0) is 115 Å². The van der Waals surface area contributed by atoms with E-state index in [4.69, 9.17) is 0 Å². The van der Waals surface area contributed by atoms with Crippen molar-refractivity contribution in [1.29, 1.82) is 0 Å². The minimum absolute atomic E-state index is 0.582. The lowest BCUT2D eigenvalue weighted by Gasteiger charge is -2.64. The topological polar surface area (TPSA) is 0 Å². The van der Waals surface area contributed by atoms with Crippen LogP contribution in [-0.4, -0.2) is 0 Å². The number of hydrogen-bond acceptors (Lipinski definition) is 0. The fraction of sp³-hybridized carbons (Fsp3) is 1.00. The third-order valence-corrected chi connectivity index (χ3v) is 12.3. The molecule has 1 unspecified atom stereocenters. The van der Waals surface area contributed by atoms with Crippen LogP contribution in [0.1, 0.15) is 126 Å². The molecule has 0 aromatic rings. The van der Waals surface area contributed by atoms with Crippen molar-refractivity contribution >= 4 is 0 Å². The quantitative estimate of drug-likeness (QED) is 0.420. The van der Waals surface area contributed by atoms with E-state index in [1.807, 2.05) is 0 Å². The molecule has 0 heteroatoms. The Balaban J connectivity index is 1.49.